The SMILES string of the molecule is NC(CC1Cc2ccccc21)c1ccccc1. The van der Waals surface area contributed by atoms with Gasteiger partial charge in [0, 0.05) is 6.04 Å². The molecule has 1 aliphatic rings. The number of nitrogens with two attached hydrogens (primary N) is 1. The van der Waals surface area contributed by atoms with Gasteiger partial charge in [0.2, 0.25) is 0 Å². The minimum atomic E-state index is 0.162. The number of hydrogen-bond donors (Lipinski definition) is 1. The van der Waals surface area contributed by atoms with Crippen LogP contribution in [0.4, 0.5) is 0 Å². The van der Waals surface area contributed by atoms with Crippen molar-refractivity contribution < 1.29 is 0 Å². The quantitative estimate of drug-likeness (QED) is 0.847. The molecule has 1 nitrogen and oxygen atoms in total. The lowest BCUT2D eigenvalue weighted by Gasteiger charge is -2.32. The largest absolute Gasteiger partial charge is 0.324 e. The van der Waals surface area contributed by atoms with Crippen LogP contribution in [0.15, 0.2) is 54.6 Å². The third-order valence-corrected chi connectivity index (χ3v) is 3.73. The van der Waals surface area contributed by atoms with E-state index in [4.69, 9.17) is 5.73 Å². The van der Waals surface area contributed by atoms with Crippen LogP contribution in [0.5, 0.6) is 0 Å². The summed E-state index contributed by atoms with van der Waals surface area (Å²) in [7, 11) is 0. The van der Waals surface area contributed by atoms with Gasteiger partial charge in [-0.25, -0.2) is 0 Å². The first-order chi connectivity index (χ1) is 8.34. The molecule has 86 valence electrons. The summed E-state index contributed by atoms with van der Waals surface area (Å²) in [4.78, 5) is 0. The monoisotopic (exact) mass is 223 g/mol. The van der Waals surface area contributed by atoms with E-state index in [-0.39, 0.29) is 6.04 Å². The fraction of sp³-hybridized carbons (Fsp3) is 0.250. The van der Waals surface area contributed by atoms with E-state index in [1.807, 2.05) is 6.07 Å². The normalized spacial score (nSPS) is 19.2. The molecule has 0 spiro atoms. The summed E-state index contributed by atoms with van der Waals surface area (Å²) >= 11 is 0. The average Bonchev–Trinajstić information content (AvgIpc) is 2.37. The Morgan fingerprint density at radius 2 is 1.71 bits per heavy atom. The van der Waals surface area contributed by atoms with Crippen LogP contribution in [-0.4, -0.2) is 0 Å². The molecular weight excluding hydrogens is 206 g/mol. The Morgan fingerprint density at radius 1 is 1.00 bits per heavy atom. The summed E-state index contributed by atoms with van der Waals surface area (Å²) in [6.07, 6.45) is 2.25. The Bertz CT molecular complexity index is 504. The van der Waals surface area contributed by atoms with Crippen LogP contribution in [0.3, 0.4) is 0 Å². The van der Waals surface area contributed by atoms with E-state index in [0.29, 0.717) is 5.92 Å². The lowest BCUT2D eigenvalue weighted by atomic mass is 9.74. The van der Waals surface area contributed by atoms with Gasteiger partial charge in [0.25, 0.3) is 0 Å². The molecule has 0 fully saturated rings. The van der Waals surface area contributed by atoms with Crippen LogP contribution in [0, 0.1) is 0 Å². The molecule has 2 aromatic carbocycles. The van der Waals surface area contributed by atoms with E-state index in [0.717, 1.165) is 6.42 Å². The molecular formula is C16H17N. The molecule has 2 atom stereocenters. The molecule has 0 heterocycles. The van der Waals surface area contributed by atoms with E-state index in [1.54, 1.807) is 0 Å². The van der Waals surface area contributed by atoms with Gasteiger partial charge in [0.1, 0.15) is 0 Å². The molecule has 0 aromatic heterocycles. The van der Waals surface area contributed by atoms with Gasteiger partial charge in [-0.15, -0.1) is 0 Å². The van der Waals surface area contributed by atoms with E-state index in [9.17, 15) is 0 Å². The second-order valence-electron chi connectivity index (χ2n) is 4.85. The van der Waals surface area contributed by atoms with Gasteiger partial charge in [-0.3, -0.25) is 0 Å². The van der Waals surface area contributed by atoms with Crippen LogP contribution < -0.4 is 5.73 Å². The molecule has 0 bridgehead atoms. The Hall–Kier alpha value is -1.60. The zero-order valence-corrected chi connectivity index (χ0v) is 9.84. The lowest BCUT2D eigenvalue weighted by molar-refractivity contribution is 0.498. The fourth-order valence-corrected chi connectivity index (χ4v) is 2.72. The van der Waals surface area contributed by atoms with Crippen LogP contribution in [0.2, 0.25) is 0 Å². The molecule has 2 unspecified atom stereocenters. The molecule has 1 aliphatic carbocycles. The first-order valence-corrected chi connectivity index (χ1v) is 6.23. The average molecular weight is 223 g/mol. The van der Waals surface area contributed by atoms with Gasteiger partial charge in [-0.05, 0) is 35.4 Å². The lowest BCUT2D eigenvalue weighted by Crippen LogP contribution is -2.22. The maximum absolute atomic E-state index is 6.26. The highest BCUT2D eigenvalue weighted by molar-refractivity contribution is 5.40. The summed E-state index contributed by atoms with van der Waals surface area (Å²) in [6, 6.07) is 19.3. The van der Waals surface area contributed by atoms with Crippen molar-refractivity contribution in [3.63, 3.8) is 0 Å². The number of fused-ring (bicyclic) bond motifs is 1. The molecule has 0 amide bonds. The molecule has 0 aliphatic heterocycles. The summed E-state index contributed by atoms with van der Waals surface area (Å²) in [5.41, 5.74) is 10.5. The van der Waals surface area contributed by atoms with Crippen LogP contribution in [0.25, 0.3) is 0 Å². The first-order valence-electron chi connectivity index (χ1n) is 6.23. The van der Waals surface area contributed by atoms with Gasteiger partial charge in [0.15, 0.2) is 0 Å². The van der Waals surface area contributed by atoms with Gasteiger partial charge in [0.05, 0.1) is 0 Å². The van der Waals surface area contributed by atoms with Crippen LogP contribution in [-0.2, 0) is 6.42 Å². The van der Waals surface area contributed by atoms with Crippen molar-refractivity contribution >= 4 is 0 Å². The maximum Gasteiger partial charge on any atom is 0.0300 e. The van der Waals surface area contributed by atoms with Crippen molar-refractivity contribution in [3.05, 3.63) is 71.3 Å². The maximum atomic E-state index is 6.26. The third-order valence-electron chi connectivity index (χ3n) is 3.73. The highest BCUT2D eigenvalue weighted by Gasteiger charge is 2.27. The Balaban J connectivity index is 1.70. The molecule has 0 radical (unpaired) electrons. The summed E-state index contributed by atoms with van der Waals surface area (Å²) in [5.74, 6) is 0.654. The molecule has 2 N–H and O–H groups in total. The van der Waals surface area contributed by atoms with E-state index >= 15 is 0 Å². The van der Waals surface area contributed by atoms with E-state index < -0.39 is 0 Å². The second-order valence-corrected chi connectivity index (χ2v) is 4.85. The first kappa shape index (κ1) is 10.5. The highest BCUT2D eigenvalue weighted by atomic mass is 14.6. The fourth-order valence-electron chi connectivity index (χ4n) is 2.72. The Labute approximate surface area is 102 Å². The van der Waals surface area contributed by atoms with Gasteiger partial charge in [-0.2, -0.15) is 0 Å². The summed E-state index contributed by atoms with van der Waals surface area (Å²) in [6.45, 7) is 0. The molecule has 0 saturated carbocycles. The van der Waals surface area contributed by atoms with Crippen molar-refractivity contribution in [2.75, 3.05) is 0 Å². The predicted octanol–water partition coefficient (Wildman–Crippen LogP) is 3.42. The third kappa shape index (κ3) is 1.98. The number of rotatable bonds is 3. The summed E-state index contributed by atoms with van der Waals surface area (Å²) < 4.78 is 0. The van der Waals surface area contributed by atoms with Gasteiger partial charge >= 0.3 is 0 Å². The van der Waals surface area contributed by atoms with E-state index in [1.165, 1.54) is 23.1 Å². The van der Waals surface area contributed by atoms with E-state index in [2.05, 4.69) is 48.5 Å². The van der Waals surface area contributed by atoms with Crippen molar-refractivity contribution in [3.8, 4) is 0 Å². The van der Waals surface area contributed by atoms with Crippen molar-refractivity contribution in [2.24, 2.45) is 5.73 Å². The molecule has 1 heteroatoms. The zero-order chi connectivity index (χ0) is 11.7. The smallest absolute Gasteiger partial charge is 0.0300 e. The topological polar surface area (TPSA) is 26.0 Å². The number of hydrogen-bond acceptors (Lipinski definition) is 1. The molecule has 17 heavy (non-hydrogen) atoms. The minimum absolute atomic E-state index is 0.162. The highest BCUT2D eigenvalue weighted by Crippen LogP contribution is 2.39. The summed E-state index contributed by atoms with van der Waals surface area (Å²) in [5, 5.41) is 0. The predicted molar refractivity (Wildman–Crippen MR) is 70.9 cm³/mol. The molecule has 2 aromatic rings. The standard InChI is InChI=1S/C16H17N/c17-16(12-6-2-1-3-7-12)11-14-10-13-8-4-5-9-15(13)14/h1-9,14,16H,10-11,17H2. The number of benzene rings is 2. The zero-order valence-electron chi connectivity index (χ0n) is 9.84. The van der Waals surface area contributed by atoms with Crippen LogP contribution >= 0.6 is 0 Å². The van der Waals surface area contributed by atoms with Gasteiger partial charge in [-0.1, -0.05) is 54.6 Å². The van der Waals surface area contributed by atoms with Crippen molar-refractivity contribution in [2.45, 2.75) is 24.8 Å². The molecule has 3 rings (SSSR count). The van der Waals surface area contributed by atoms with Crippen molar-refractivity contribution in [1.82, 2.24) is 0 Å². The Morgan fingerprint density at radius 3 is 2.47 bits per heavy atom. The molecule has 0 saturated heterocycles. The second kappa shape index (κ2) is 4.34. The van der Waals surface area contributed by atoms with Crippen LogP contribution in [0.1, 0.15) is 35.1 Å². The van der Waals surface area contributed by atoms with Gasteiger partial charge < -0.3 is 5.73 Å². The Kier molecular flexibility index (Phi) is 2.69. The van der Waals surface area contributed by atoms with Crippen molar-refractivity contribution in [1.29, 1.82) is 0 Å². The minimum Gasteiger partial charge on any atom is -0.324 e.